The number of nitrogens with one attached hydrogen (secondary N) is 2. The van der Waals surface area contributed by atoms with Gasteiger partial charge in [-0.1, -0.05) is 42.5 Å². The van der Waals surface area contributed by atoms with E-state index in [1.165, 1.54) is 11.9 Å². The number of benzene rings is 2. The molecule has 1 fully saturated rings. The van der Waals surface area contributed by atoms with Crippen LogP contribution in [0.5, 0.6) is 0 Å². The van der Waals surface area contributed by atoms with E-state index in [4.69, 9.17) is 0 Å². The number of anilines is 1. The molecule has 31 heavy (non-hydrogen) atoms. The number of nitrogens with zero attached hydrogens (tertiary/aromatic N) is 3. The molecule has 0 spiro atoms. The van der Waals surface area contributed by atoms with Crippen molar-refractivity contribution in [1.82, 2.24) is 20.1 Å². The van der Waals surface area contributed by atoms with Crippen molar-refractivity contribution in [3.63, 3.8) is 0 Å². The van der Waals surface area contributed by atoms with E-state index in [9.17, 15) is 9.90 Å². The van der Waals surface area contributed by atoms with Gasteiger partial charge in [-0.3, -0.25) is 4.79 Å². The van der Waals surface area contributed by atoms with Crippen LogP contribution in [0, 0.1) is 0 Å². The summed E-state index contributed by atoms with van der Waals surface area (Å²) < 4.78 is 1.72. The summed E-state index contributed by atoms with van der Waals surface area (Å²) in [5, 5.41) is 21.4. The van der Waals surface area contributed by atoms with Crippen LogP contribution in [-0.4, -0.2) is 37.9 Å². The minimum Gasteiger partial charge on any atom is -0.387 e. The molecule has 1 saturated heterocycles. The molecule has 0 aliphatic carbocycles. The van der Waals surface area contributed by atoms with Gasteiger partial charge in [0.15, 0.2) is 0 Å². The van der Waals surface area contributed by atoms with Gasteiger partial charge in [0.25, 0.3) is 0 Å². The van der Waals surface area contributed by atoms with Crippen molar-refractivity contribution in [2.45, 2.75) is 56.3 Å². The molecule has 2 aliphatic rings. The Labute approximate surface area is 181 Å². The van der Waals surface area contributed by atoms with Crippen LogP contribution >= 0.6 is 0 Å². The Hall–Kier alpha value is -3.03. The molecule has 4 atom stereocenters. The number of aryl methyl sites for hydroxylation is 1. The number of rotatable bonds is 6. The third-order valence-corrected chi connectivity index (χ3v) is 6.39. The lowest BCUT2D eigenvalue weighted by Crippen LogP contribution is -2.35. The van der Waals surface area contributed by atoms with E-state index >= 15 is 0 Å². The zero-order valence-electron chi connectivity index (χ0n) is 17.3. The molecule has 5 rings (SSSR count). The van der Waals surface area contributed by atoms with Crippen molar-refractivity contribution >= 4 is 11.6 Å². The minimum atomic E-state index is -0.482. The first-order valence-electron chi connectivity index (χ1n) is 10.9. The first-order valence-corrected chi connectivity index (χ1v) is 10.9. The fourth-order valence-corrected chi connectivity index (χ4v) is 4.72. The summed E-state index contributed by atoms with van der Waals surface area (Å²) in [4.78, 5) is 16.8. The lowest BCUT2D eigenvalue weighted by molar-refractivity contribution is -0.119. The van der Waals surface area contributed by atoms with Crippen LogP contribution in [0.3, 0.4) is 0 Å². The quantitative estimate of drug-likeness (QED) is 0.574. The van der Waals surface area contributed by atoms with E-state index in [0.717, 1.165) is 49.2 Å². The van der Waals surface area contributed by atoms with Crippen molar-refractivity contribution in [3.8, 4) is 0 Å². The molecule has 3 N–H and O–H groups in total. The Balaban J connectivity index is 1.15. The van der Waals surface area contributed by atoms with Crippen molar-refractivity contribution in [2.75, 3.05) is 5.32 Å². The zero-order chi connectivity index (χ0) is 21.2. The molecule has 7 heteroatoms. The van der Waals surface area contributed by atoms with Gasteiger partial charge in [-0.15, -0.1) is 0 Å². The van der Waals surface area contributed by atoms with E-state index in [0.29, 0.717) is 6.04 Å². The van der Waals surface area contributed by atoms with Crippen LogP contribution in [0.4, 0.5) is 5.69 Å². The third kappa shape index (κ3) is 4.24. The number of carbonyl (C=O) groups excluding carboxylic acids is 1. The molecule has 0 saturated carbocycles. The van der Waals surface area contributed by atoms with Crippen molar-refractivity contribution in [1.29, 1.82) is 0 Å². The lowest BCUT2D eigenvalue weighted by Gasteiger charge is -2.20. The first kappa shape index (κ1) is 19.9. The van der Waals surface area contributed by atoms with Gasteiger partial charge in [-0.05, 0) is 48.9 Å². The maximum atomic E-state index is 12.6. The fraction of sp³-hybridized carbons (Fsp3) is 0.375. The summed E-state index contributed by atoms with van der Waals surface area (Å²) in [6, 6.07) is 18.0. The molecule has 0 radical (unpaired) electrons. The number of aliphatic hydroxyl groups is 1. The van der Waals surface area contributed by atoms with E-state index in [1.54, 1.807) is 4.68 Å². The average Bonchev–Trinajstić information content (AvgIpc) is 3.52. The van der Waals surface area contributed by atoms with Crippen LogP contribution in [0.25, 0.3) is 0 Å². The smallest absolute Gasteiger partial charge is 0.249 e. The predicted molar refractivity (Wildman–Crippen MR) is 118 cm³/mol. The third-order valence-electron chi connectivity index (χ3n) is 6.39. The SMILES string of the molecule is O=C(Nc1ccc(C[C@@H]2CC[C@H]([C@H](O)c3ccccc3)N2)cc1)[C@@H]1CCc2ncnn21. The highest BCUT2D eigenvalue weighted by atomic mass is 16.3. The Morgan fingerprint density at radius 3 is 2.74 bits per heavy atom. The maximum Gasteiger partial charge on any atom is 0.249 e. The summed E-state index contributed by atoms with van der Waals surface area (Å²) in [6.45, 7) is 0. The Morgan fingerprint density at radius 1 is 1.13 bits per heavy atom. The van der Waals surface area contributed by atoms with Gasteiger partial charge < -0.3 is 15.7 Å². The normalized spacial score (nSPS) is 23.5. The van der Waals surface area contributed by atoms with Crippen molar-refractivity contribution in [2.24, 2.45) is 0 Å². The summed E-state index contributed by atoms with van der Waals surface area (Å²) in [6.07, 6.45) is 5.44. The summed E-state index contributed by atoms with van der Waals surface area (Å²) in [7, 11) is 0. The number of aliphatic hydroxyl groups excluding tert-OH is 1. The van der Waals surface area contributed by atoms with Gasteiger partial charge in [0.1, 0.15) is 18.2 Å². The molecule has 160 valence electrons. The highest BCUT2D eigenvalue weighted by molar-refractivity contribution is 5.93. The summed E-state index contributed by atoms with van der Waals surface area (Å²) in [5.41, 5.74) is 2.96. The Morgan fingerprint density at radius 2 is 1.94 bits per heavy atom. The molecular formula is C24H27N5O2. The molecule has 0 unspecified atom stereocenters. The highest BCUT2D eigenvalue weighted by Gasteiger charge is 2.31. The molecule has 1 amide bonds. The van der Waals surface area contributed by atoms with E-state index in [2.05, 4.69) is 32.8 Å². The standard InChI is InChI=1S/C24H27N5O2/c30-23(17-4-2-1-3-5-17)20-11-10-19(27-20)14-16-6-8-18(9-7-16)28-24(31)21-12-13-22-25-15-26-29(21)22/h1-9,15,19-21,23,27,30H,10-14H2,(H,28,31)/t19-,20+,21-,23+/m0/s1. The molecule has 2 aliphatic heterocycles. The van der Waals surface area contributed by atoms with Gasteiger partial charge in [0.2, 0.25) is 5.91 Å². The monoisotopic (exact) mass is 417 g/mol. The number of amides is 1. The molecular weight excluding hydrogens is 390 g/mol. The Bertz CT molecular complexity index is 1030. The van der Waals surface area contributed by atoms with Crippen LogP contribution in [0.2, 0.25) is 0 Å². The zero-order valence-corrected chi connectivity index (χ0v) is 17.3. The second-order valence-corrected chi connectivity index (χ2v) is 8.47. The molecule has 3 heterocycles. The van der Waals surface area contributed by atoms with Crippen LogP contribution in [0.15, 0.2) is 60.9 Å². The topological polar surface area (TPSA) is 92.1 Å². The Kier molecular flexibility index (Phi) is 5.53. The largest absolute Gasteiger partial charge is 0.387 e. The van der Waals surface area contributed by atoms with Gasteiger partial charge >= 0.3 is 0 Å². The average molecular weight is 418 g/mol. The van der Waals surface area contributed by atoms with Crippen LogP contribution in [0.1, 0.15) is 48.4 Å². The molecule has 1 aromatic heterocycles. The van der Waals surface area contributed by atoms with Crippen LogP contribution < -0.4 is 10.6 Å². The number of fused-ring (bicyclic) bond motifs is 1. The van der Waals surface area contributed by atoms with Crippen molar-refractivity contribution in [3.05, 3.63) is 77.9 Å². The number of hydrogen-bond acceptors (Lipinski definition) is 5. The van der Waals surface area contributed by atoms with Gasteiger partial charge in [-0.25, -0.2) is 9.67 Å². The number of carbonyl (C=O) groups is 1. The van der Waals surface area contributed by atoms with Gasteiger partial charge in [-0.2, -0.15) is 5.10 Å². The van der Waals surface area contributed by atoms with E-state index < -0.39 is 6.10 Å². The molecule has 0 bridgehead atoms. The number of aromatic nitrogens is 3. The van der Waals surface area contributed by atoms with E-state index in [-0.39, 0.29) is 18.0 Å². The van der Waals surface area contributed by atoms with Gasteiger partial charge in [0, 0.05) is 24.2 Å². The molecule has 2 aromatic carbocycles. The highest BCUT2D eigenvalue weighted by Crippen LogP contribution is 2.27. The van der Waals surface area contributed by atoms with E-state index in [1.807, 2.05) is 42.5 Å². The molecule has 7 nitrogen and oxygen atoms in total. The fourth-order valence-electron chi connectivity index (χ4n) is 4.72. The second-order valence-electron chi connectivity index (χ2n) is 8.47. The minimum absolute atomic E-state index is 0.0489. The van der Waals surface area contributed by atoms with Crippen molar-refractivity contribution < 1.29 is 9.90 Å². The lowest BCUT2D eigenvalue weighted by atomic mass is 10.0. The summed E-state index contributed by atoms with van der Waals surface area (Å²) >= 11 is 0. The maximum absolute atomic E-state index is 12.6. The second kappa shape index (κ2) is 8.61. The van der Waals surface area contributed by atoms with Gasteiger partial charge in [0.05, 0.1) is 6.10 Å². The molecule has 3 aromatic rings. The van der Waals surface area contributed by atoms with Crippen LogP contribution in [-0.2, 0) is 17.6 Å². The number of hydrogen-bond donors (Lipinski definition) is 3. The summed E-state index contributed by atoms with van der Waals surface area (Å²) in [5.74, 6) is 0.822. The first-order chi connectivity index (χ1) is 15.2. The predicted octanol–water partition coefficient (Wildman–Crippen LogP) is 2.80.